The van der Waals surface area contributed by atoms with Gasteiger partial charge in [-0.2, -0.15) is 5.10 Å². The molecule has 3 heterocycles. The standard InChI is InChI=1S/C28H37N7O3/c1-6-29-27(36)22-14-21(28(37)32-26-9-11-34(5)33-26)19(3)13-24(22)38-25(23-8-7-18(2)15-31-23)17-35-12-10-30-20(4)16-35/h7-9,11,13-15,20,25,30H,6,10,12,16-17H2,1-5H3,(H,29,36)(H,32,33,37)/t20-,25-/m1/s1. The normalized spacial score (nSPS) is 16.6. The zero-order valence-electron chi connectivity index (χ0n) is 22.7. The Labute approximate surface area is 223 Å². The molecule has 2 atom stereocenters. The highest BCUT2D eigenvalue weighted by Crippen LogP contribution is 2.30. The number of nitrogens with one attached hydrogen (secondary N) is 3. The molecule has 0 radical (unpaired) electrons. The average molecular weight is 520 g/mol. The van der Waals surface area contributed by atoms with Crippen molar-refractivity contribution in [3.63, 3.8) is 0 Å². The number of carbonyl (C=O) groups excluding carboxylic acids is 2. The highest BCUT2D eigenvalue weighted by atomic mass is 16.5. The van der Waals surface area contributed by atoms with Crippen molar-refractivity contribution in [2.45, 2.75) is 39.8 Å². The number of anilines is 1. The highest BCUT2D eigenvalue weighted by molar-refractivity contribution is 6.07. The third kappa shape index (κ3) is 6.76. The molecule has 2 aromatic heterocycles. The Morgan fingerprint density at radius 3 is 2.66 bits per heavy atom. The van der Waals surface area contributed by atoms with Crippen LogP contribution in [-0.4, -0.2) is 70.2 Å². The quantitative estimate of drug-likeness (QED) is 0.398. The van der Waals surface area contributed by atoms with E-state index in [4.69, 9.17) is 4.74 Å². The van der Waals surface area contributed by atoms with Crippen LogP contribution < -0.4 is 20.7 Å². The third-order valence-electron chi connectivity index (χ3n) is 6.52. The van der Waals surface area contributed by atoms with Gasteiger partial charge in [-0.25, -0.2) is 0 Å². The van der Waals surface area contributed by atoms with Crippen LogP contribution >= 0.6 is 0 Å². The van der Waals surface area contributed by atoms with Crippen molar-refractivity contribution in [1.82, 2.24) is 30.3 Å². The molecule has 3 N–H and O–H groups in total. The fourth-order valence-electron chi connectivity index (χ4n) is 4.55. The minimum atomic E-state index is -0.401. The number of amides is 2. The van der Waals surface area contributed by atoms with E-state index in [1.54, 1.807) is 36.1 Å². The number of ether oxygens (including phenoxy) is 1. The van der Waals surface area contributed by atoms with Crippen molar-refractivity contribution in [2.75, 3.05) is 38.0 Å². The molecule has 0 unspecified atom stereocenters. The topological polar surface area (TPSA) is 113 Å². The van der Waals surface area contributed by atoms with E-state index >= 15 is 0 Å². The summed E-state index contributed by atoms with van der Waals surface area (Å²) in [6.45, 7) is 11.6. The molecule has 1 fully saturated rings. The number of benzene rings is 1. The molecular formula is C28H37N7O3. The Bertz CT molecular complexity index is 1270. The van der Waals surface area contributed by atoms with Crippen LogP contribution in [0.4, 0.5) is 5.82 Å². The van der Waals surface area contributed by atoms with E-state index in [-0.39, 0.29) is 11.8 Å². The third-order valence-corrected chi connectivity index (χ3v) is 6.52. The Kier molecular flexibility index (Phi) is 8.75. The van der Waals surface area contributed by atoms with Crippen molar-refractivity contribution < 1.29 is 14.3 Å². The first-order valence-corrected chi connectivity index (χ1v) is 13.0. The second-order valence-corrected chi connectivity index (χ2v) is 9.83. The van der Waals surface area contributed by atoms with Gasteiger partial charge in [0.1, 0.15) is 5.75 Å². The molecule has 1 saturated heterocycles. The van der Waals surface area contributed by atoms with Gasteiger partial charge in [0.05, 0.1) is 11.3 Å². The molecule has 10 heteroatoms. The van der Waals surface area contributed by atoms with Crippen molar-refractivity contribution in [1.29, 1.82) is 0 Å². The molecule has 0 aliphatic carbocycles. The maximum atomic E-state index is 13.1. The van der Waals surface area contributed by atoms with Crippen LogP contribution in [0.15, 0.2) is 42.7 Å². The molecule has 10 nitrogen and oxygen atoms in total. The molecule has 3 aromatic rings. The number of aromatic nitrogens is 3. The molecule has 1 aliphatic rings. The van der Waals surface area contributed by atoms with Gasteiger partial charge in [0.15, 0.2) is 11.9 Å². The van der Waals surface area contributed by atoms with E-state index in [0.717, 1.165) is 30.9 Å². The smallest absolute Gasteiger partial charge is 0.257 e. The molecule has 0 spiro atoms. The minimum Gasteiger partial charge on any atom is -0.482 e. The Morgan fingerprint density at radius 1 is 1.18 bits per heavy atom. The van der Waals surface area contributed by atoms with E-state index in [9.17, 15) is 9.59 Å². The van der Waals surface area contributed by atoms with Gasteiger partial charge in [0, 0.05) is 69.8 Å². The molecular weight excluding hydrogens is 482 g/mol. The first-order valence-electron chi connectivity index (χ1n) is 13.0. The lowest BCUT2D eigenvalue weighted by atomic mass is 10.0. The molecule has 38 heavy (non-hydrogen) atoms. The van der Waals surface area contributed by atoms with Crippen molar-refractivity contribution in [2.24, 2.45) is 7.05 Å². The zero-order valence-corrected chi connectivity index (χ0v) is 22.7. The number of hydrogen-bond acceptors (Lipinski definition) is 7. The maximum absolute atomic E-state index is 13.1. The second-order valence-electron chi connectivity index (χ2n) is 9.83. The molecule has 2 amide bonds. The van der Waals surface area contributed by atoms with E-state index in [2.05, 4.69) is 37.9 Å². The minimum absolute atomic E-state index is 0.300. The molecule has 0 bridgehead atoms. The average Bonchev–Trinajstić information content (AvgIpc) is 3.28. The van der Waals surface area contributed by atoms with Gasteiger partial charge in [-0.3, -0.25) is 24.2 Å². The number of carbonyl (C=O) groups is 2. The number of nitrogens with zero attached hydrogens (tertiary/aromatic N) is 4. The summed E-state index contributed by atoms with van der Waals surface area (Å²) in [6.07, 6.45) is 3.17. The van der Waals surface area contributed by atoms with Crippen LogP contribution in [-0.2, 0) is 7.05 Å². The summed E-state index contributed by atoms with van der Waals surface area (Å²) in [6, 6.07) is 9.44. The van der Waals surface area contributed by atoms with Gasteiger partial charge in [0.2, 0.25) is 0 Å². The van der Waals surface area contributed by atoms with E-state index < -0.39 is 6.10 Å². The largest absolute Gasteiger partial charge is 0.482 e. The van der Waals surface area contributed by atoms with Gasteiger partial charge in [-0.1, -0.05) is 6.07 Å². The molecule has 1 aliphatic heterocycles. The fraction of sp³-hybridized carbons (Fsp3) is 0.429. The first-order chi connectivity index (χ1) is 18.2. The van der Waals surface area contributed by atoms with E-state index in [1.165, 1.54) is 0 Å². The Balaban J connectivity index is 1.67. The molecule has 4 rings (SSSR count). The summed E-state index contributed by atoms with van der Waals surface area (Å²) in [5.74, 6) is 0.205. The van der Waals surface area contributed by atoms with Gasteiger partial charge in [0.25, 0.3) is 11.8 Å². The number of piperazine rings is 1. The summed E-state index contributed by atoms with van der Waals surface area (Å²) >= 11 is 0. The predicted octanol–water partition coefficient (Wildman–Crippen LogP) is 2.85. The maximum Gasteiger partial charge on any atom is 0.257 e. The predicted molar refractivity (Wildman–Crippen MR) is 147 cm³/mol. The van der Waals surface area contributed by atoms with E-state index in [1.807, 2.05) is 39.1 Å². The molecule has 0 saturated carbocycles. The number of hydrogen-bond donors (Lipinski definition) is 3. The lowest BCUT2D eigenvalue weighted by molar-refractivity contribution is 0.0929. The van der Waals surface area contributed by atoms with Crippen molar-refractivity contribution in [3.8, 4) is 5.75 Å². The van der Waals surface area contributed by atoms with Gasteiger partial charge < -0.3 is 20.7 Å². The van der Waals surface area contributed by atoms with Crippen molar-refractivity contribution >= 4 is 17.6 Å². The van der Waals surface area contributed by atoms with Gasteiger partial charge >= 0.3 is 0 Å². The van der Waals surface area contributed by atoms with Crippen molar-refractivity contribution in [3.05, 3.63) is 70.7 Å². The lowest BCUT2D eigenvalue weighted by Crippen LogP contribution is -2.50. The summed E-state index contributed by atoms with van der Waals surface area (Å²) in [7, 11) is 1.78. The van der Waals surface area contributed by atoms with Gasteiger partial charge in [-0.15, -0.1) is 0 Å². The number of pyridine rings is 1. The van der Waals surface area contributed by atoms with Crippen LogP contribution in [0.2, 0.25) is 0 Å². The summed E-state index contributed by atoms with van der Waals surface area (Å²) in [5, 5.41) is 13.3. The van der Waals surface area contributed by atoms with Crippen LogP contribution in [0.3, 0.4) is 0 Å². The fourth-order valence-corrected chi connectivity index (χ4v) is 4.55. The Morgan fingerprint density at radius 2 is 2.00 bits per heavy atom. The summed E-state index contributed by atoms with van der Waals surface area (Å²) in [5.41, 5.74) is 3.22. The van der Waals surface area contributed by atoms with Crippen LogP contribution in [0.25, 0.3) is 0 Å². The second kappa shape index (κ2) is 12.2. The summed E-state index contributed by atoms with van der Waals surface area (Å²) < 4.78 is 8.19. The van der Waals surface area contributed by atoms with Crippen LogP contribution in [0.5, 0.6) is 5.75 Å². The summed E-state index contributed by atoms with van der Waals surface area (Å²) in [4.78, 5) is 33.2. The Hall–Kier alpha value is -3.76. The zero-order chi connectivity index (χ0) is 27.2. The molecule has 202 valence electrons. The molecule has 1 aromatic carbocycles. The lowest BCUT2D eigenvalue weighted by Gasteiger charge is -2.34. The van der Waals surface area contributed by atoms with E-state index in [0.29, 0.717) is 47.4 Å². The van der Waals surface area contributed by atoms with Crippen LogP contribution in [0, 0.1) is 13.8 Å². The first kappa shape index (κ1) is 27.3. The number of aryl methyl sites for hydroxylation is 3. The monoisotopic (exact) mass is 519 g/mol. The van der Waals surface area contributed by atoms with Crippen LogP contribution in [0.1, 0.15) is 57.5 Å². The van der Waals surface area contributed by atoms with Gasteiger partial charge in [-0.05, 0) is 57.0 Å². The number of rotatable bonds is 9. The highest BCUT2D eigenvalue weighted by Gasteiger charge is 2.26. The SMILES string of the molecule is CCNC(=O)c1cc(C(=O)Nc2ccn(C)n2)c(C)cc1O[C@H](CN1CCN[C@H](C)C1)c1ccc(C)cn1.